The number of carbonyl (C=O) groups excluding carboxylic acids is 1. The number of carbonyl (C=O) groups is 1. The van der Waals surface area contributed by atoms with Crippen LogP contribution in [-0.2, 0) is 0 Å². The zero-order chi connectivity index (χ0) is 13.0. The number of hydrogen-bond acceptors (Lipinski definition) is 3. The summed E-state index contributed by atoms with van der Waals surface area (Å²) < 4.78 is 0. The van der Waals surface area contributed by atoms with Gasteiger partial charge in [-0.1, -0.05) is 12.2 Å². The molecule has 0 aliphatic carbocycles. The molecule has 0 radical (unpaired) electrons. The fraction of sp³-hybridized carbons (Fsp3) is 0.417. The summed E-state index contributed by atoms with van der Waals surface area (Å²) in [4.78, 5) is 18.2. The molecule has 0 atom stereocenters. The van der Waals surface area contributed by atoms with Gasteiger partial charge in [-0.05, 0) is 32.4 Å². The summed E-state index contributed by atoms with van der Waals surface area (Å²) in [6, 6.07) is 1.86. The monoisotopic (exact) mass is 251 g/mol. The minimum absolute atomic E-state index is 0.0458. The maximum absolute atomic E-state index is 12.2. The van der Waals surface area contributed by atoms with E-state index in [0.717, 1.165) is 5.56 Å². The first-order valence-electron chi connectivity index (χ1n) is 5.42. The molecule has 2 N–H and O–H groups in total. The van der Waals surface area contributed by atoms with Crippen molar-refractivity contribution >= 4 is 23.1 Å². The highest BCUT2D eigenvalue weighted by molar-refractivity contribution is 7.80. The Morgan fingerprint density at radius 2 is 2.18 bits per heavy atom. The molecule has 0 aromatic carbocycles. The van der Waals surface area contributed by atoms with E-state index in [1.165, 1.54) is 0 Å². The van der Waals surface area contributed by atoms with Crippen LogP contribution < -0.4 is 5.73 Å². The molecule has 0 fully saturated rings. The molecule has 4 nitrogen and oxygen atoms in total. The molecule has 1 amide bonds. The van der Waals surface area contributed by atoms with Crippen molar-refractivity contribution in [3.63, 3.8) is 0 Å². The van der Waals surface area contributed by atoms with Crippen molar-refractivity contribution in [3.05, 3.63) is 29.6 Å². The number of amides is 1. The van der Waals surface area contributed by atoms with Gasteiger partial charge in [0.1, 0.15) is 0 Å². The van der Waals surface area contributed by atoms with Gasteiger partial charge in [-0.2, -0.15) is 0 Å². The van der Waals surface area contributed by atoms with Gasteiger partial charge in [0, 0.05) is 18.4 Å². The van der Waals surface area contributed by atoms with Crippen molar-refractivity contribution in [2.75, 3.05) is 6.54 Å². The molecule has 1 aromatic rings. The molecule has 0 aliphatic rings. The fourth-order valence-electron chi connectivity index (χ4n) is 1.49. The molecule has 0 unspecified atom stereocenters. The smallest absolute Gasteiger partial charge is 0.256 e. The SMILES string of the molecule is Cc1cncc(C(=O)N(CC(N)=S)C(C)C)c1. The number of nitrogens with two attached hydrogens (primary N) is 1. The van der Waals surface area contributed by atoms with E-state index >= 15 is 0 Å². The van der Waals surface area contributed by atoms with E-state index < -0.39 is 0 Å². The molecule has 0 spiro atoms. The van der Waals surface area contributed by atoms with Crippen LogP contribution in [0.25, 0.3) is 0 Å². The highest BCUT2D eigenvalue weighted by Gasteiger charge is 2.19. The zero-order valence-corrected chi connectivity index (χ0v) is 11.1. The number of pyridine rings is 1. The first kappa shape index (κ1) is 13.6. The van der Waals surface area contributed by atoms with E-state index in [1.807, 2.05) is 26.8 Å². The Morgan fingerprint density at radius 3 is 2.65 bits per heavy atom. The lowest BCUT2D eigenvalue weighted by Crippen LogP contribution is -2.42. The number of thiocarbonyl (C=S) groups is 1. The highest BCUT2D eigenvalue weighted by atomic mass is 32.1. The van der Waals surface area contributed by atoms with E-state index in [-0.39, 0.29) is 11.9 Å². The summed E-state index contributed by atoms with van der Waals surface area (Å²) >= 11 is 4.85. The van der Waals surface area contributed by atoms with Gasteiger partial charge >= 0.3 is 0 Å². The molecule has 0 bridgehead atoms. The number of aryl methyl sites for hydroxylation is 1. The summed E-state index contributed by atoms with van der Waals surface area (Å²) in [6.07, 6.45) is 3.27. The molecule has 1 rings (SSSR count). The average Bonchev–Trinajstić information content (AvgIpc) is 2.24. The third-order valence-electron chi connectivity index (χ3n) is 2.33. The summed E-state index contributed by atoms with van der Waals surface area (Å²) in [5.41, 5.74) is 7.02. The van der Waals surface area contributed by atoms with Crippen molar-refractivity contribution < 1.29 is 4.79 Å². The van der Waals surface area contributed by atoms with Crippen LogP contribution in [0.4, 0.5) is 0 Å². The summed E-state index contributed by atoms with van der Waals surface area (Å²) in [5.74, 6) is -0.0935. The van der Waals surface area contributed by atoms with Crippen LogP contribution in [0.5, 0.6) is 0 Å². The van der Waals surface area contributed by atoms with Crippen molar-refractivity contribution in [3.8, 4) is 0 Å². The molecule has 5 heteroatoms. The second kappa shape index (κ2) is 5.72. The molecule has 0 aliphatic heterocycles. The zero-order valence-electron chi connectivity index (χ0n) is 10.3. The molecule has 1 heterocycles. The van der Waals surface area contributed by atoms with Gasteiger partial charge in [-0.3, -0.25) is 9.78 Å². The Kier molecular flexibility index (Phi) is 4.57. The number of rotatable bonds is 4. The first-order valence-corrected chi connectivity index (χ1v) is 5.83. The molecular weight excluding hydrogens is 234 g/mol. The topological polar surface area (TPSA) is 59.2 Å². The van der Waals surface area contributed by atoms with Crippen LogP contribution in [-0.4, -0.2) is 33.4 Å². The van der Waals surface area contributed by atoms with E-state index in [1.54, 1.807) is 17.3 Å². The Bertz CT molecular complexity index is 432. The van der Waals surface area contributed by atoms with Crippen LogP contribution in [0.3, 0.4) is 0 Å². The summed E-state index contributed by atoms with van der Waals surface area (Å²) in [7, 11) is 0. The van der Waals surface area contributed by atoms with E-state index in [0.29, 0.717) is 17.1 Å². The molecule has 17 heavy (non-hydrogen) atoms. The predicted octanol–water partition coefficient (Wildman–Crippen LogP) is 1.53. The number of hydrogen-bond donors (Lipinski definition) is 1. The standard InChI is InChI=1S/C12H17N3OS/c1-8(2)15(7-11(13)17)12(16)10-4-9(3)5-14-6-10/h4-6,8H,7H2,1-3H3,(H2,13,17). The fourth-order valence-corrected chi connectivity index (χ4v) is 1.63. The Balaban J connectivity index is 2.95. The van der Waals surface area contributed by atoms with Gasteiger partial charge in [0.2, 0.25) is 0 Å². The van der Waals surface area contributed by atoms with Crippen molar-refractivity contribution in [1.82, 2.24) is 9.88 Å². The van der Waals surface area contributed by atoms with Gasteiger partial charge < -0.3 is 10.6 Å². The highest BCUT2D eigenvalue weighted by Crippen LogP contribution is 2.09. The maximum atomic E-state index is 12.2. The Hall–Kier alpha value is -1.49. The van der Waals surface area contributed by atoms with Crippen LogP contribution in [0, 0.1) is 6.92 Å². The van der Waals surface area contributed by atoms with Gasteiger partial charge in [-0.15, -0.1) is 0 Å². The van der Waals surface area contributed by atoms with Gasteiger partial charge in [0.25, 0.3) is 5.91 Å². The third kappa shape index (κ3) is 3.78. The van der Waals surface area contributed by atoms with Crippen LogP contribution in [0.15, 0.2) is 18.5 Å². The Morgan fingerprint density at radius 1 is 1.53 bits per heavy atom. The lowest BCUT2D eigenvalue weighted by molar-refractivity contribution is 0.0735. The van der Waals surface area contributed by atoms with E-state index in [4.69, 9.17) is 18.0 Å². The normalized spacial score (nSPS) is 10.4. The quantitative estimate of drug-likeness (QED) is 0.824. The molecule has 0 saturated heterocycles. The minimum atomic E-state index is -0.0935. The lowest BCUT2D eigenvalue weighted by atomic mass is 10.2. The Labute approximate surface area is 107 Å². The molecular formula is C12H17N3OS. The van der Waals surface area contributed by atoms with Crippen LogP contribution >= 0.6 is 12.2 Å². The second-order valence-electron chi connectivity index (χ2n) is 4.24. The average molecular weight is 251 g/mol. The largest absolute Gasteiger partial charge is 0.392 e. The lowest BCUT2D eigenvalue weighted by Gasteiger charge is -2.26. The van der Waals surface area contributed by atoms with Crippen molar-refractivity contribution in [1.29, 1.82) is 0 Å². The maximum Gasteiger partial charge on any atom is 0.256 e. The minimum Gasteiger partial charge on any atom is -0.392 e. The molecule has 92 valence electrons. The summed E-state index contributed by atoms with van der Waals surface area (Å²) in [6.45, 7) is 6.05. The van der Waals surface area contributed by atoms with Gasteiger partial charge in [-0.25, -0.2) is 0 Å². The van der Waals surface area contributed by atoms with Crippen molar-refractivity contribution in [2.24, 2.45) is 5.73 Å². The predicted molar refractivity (Wildman–Crippen MR) is 71.9 cm³/mol. The first-order chi connectivity index (χ1) is 7.91. The van der Waals surface area contributed by atoms with E-state index in [9.17, 15) is 4.79 Å². The van der Waals surface area contributed by atoms with Gasteiger partial charge in [0.05, 0.1) is 17.1 Å². The van der Waals surface area contributed by atoms with Crippen LogP contribution in [0.2, 0.25) is 0 Å². The number of nitrogens with zero attached hydrogens (tertiary/aromatic N) is 2. The van der Waals surface area contributed by atoms with Gasteiger partial charge in [0.15, 0.2) is 0 Å². The molecule has 1 aromatic heterocycles. The van der Waals surface area contributed by atoms with Crippen molar-refractivity contribution in [2.45, 2.75) is 26.8 Å². The summed E-state index contributed by atoms with van der Waals surface area (Å²) in [5, 5.41) is 0. The third-order valence-corrected chi connectivity index (χ3v) is 2.46. The molecule has 0 saturated carbocycles. The van der Waals surface area contributed by atoms with E-state index in [2.05, 4.69) is 4.98 Å². The number of aromatic nitrogens is 1. The second-order valence-corrected chi connectivity index (χ2v) is 4.77. The van der Waals surface area contributed by atoms with Crippen LogP contribution in [0.1, 0.15) is 29.8 Å².